The fraction of sp³-hybridized carbons (Fsp3) is 0.857. The van der Waals surface area contributed by atoms with Crippen LogP contribution >= 0.6 is 0 Å². The van der Waals surface area contributed by atoms with Gasteiger partial charge in [0.1, 0.15) is 6.61 Å². The van der Waals surface area contributed by atoms with E-state index >= 15 is 0 Å². The first-order valence-electron chi connectivity index (χ1n) is 10.8. The van der Waals surface area contributed by atoms with Crippen LogP contribution < -0.4 is 5.73 Å². The molecular formula is C21H41NO4S. The molecule has 0 radical (unpaired) electrons. The molecule has 0 amide bonds. The second-order valence-electron chi connectivity index (χ2n) is 7.19. The Morgan fingerprint density at radius 3 is 1.93 bits per heavy atom. The average molecular weight is 404 g/mol. The van der Waals surface area contributed by atoms with Gasteiger partial charge in [0.2, 0.25) is 0 Å². The lowest BCUT2D eigenvalue weighted by atomic mass is 10.1. The Morgan fingerprint density at radius 1 is 0.852 bits per heavy atom. The summed E-state index contributed by atoms with van der Waals surface area (Å²) < 4.78 is 27.2. The van der Waals surface area contributed by atoms with Gasteiger partial charge < -0.3 is 5.73 Å². The molecule has 0 rings (SSSR count). The molecule has 0 aromatic heterocycles. The molecule has 6 heteroatoms. The number of hydrogen-bond donors (Lipinski definition) is 1. The second-order valence-corrected chi connectivity index (χ2v) is 8.94. The molecule has 2 N–H and O–H groups in total. The maximum atomic E-state index is 11.6. The van der Waals surface area contributed by atoms with Gasteiger partial charge in [0.15, 0.2) is 5.78 Å². The summed E-state index contributed by atoms with van der Waals surface area (Å²) in [5.74, 6) is -0.401. The van der Waals surface area contributed by atoms with Crippen molar-refractivity contribution < 1.29 is 17.4 Å². The first-order valence-corrected chi connectivity index (χ1v) is 12.3. The van der Waals surface area contributed by atoms with Gasteiger partial charge in [-0.25, -0.2) is 0 Å². The zero-order chi connectivity index (χ0) is 20.2. The molecule has 0 saturated carbocycles. The monoisotopic (exact) mass is 403 g/mol. The van der Waals surface area contributed by atoms with Gasteiger partial charge in [0.25, 0.3) is 10.1 Å². The summed E-state index contributed by atoms with van der Waals surface area (Å²) in [6.45, 7) is 1.90. The lowest BCUT2D eigenvalue weighted by molar-refractivity contribution is -0.121. The second kappa shape index (κ2) is 18.6. The fourth-order valence-corrected chi connectivity index (χ4v) is 3.54. The van der Waals surface area contributed by atoms with E-state index in [1.54, 1.807) is 0 Å². The molecular weight excluding hydrogens is 362 g/mol. The third-order valence-electron chi connectivity index (χ3n) is 4.48. The minimum atomic E-state index is -3.64. The van der Waals surface area contributed by atoms with E-state index < -0.39 is 10.1 Å². The number of ketones is 1. The summed E-state index contributed by atoms with van der Waals surface area (Å²) in [5, 5.41) is 0. The van der Waals surface area contributed by atoms with E-state index in [0.717, 1.165) is 25.7 Å². The molecule has 0 aliphatic heterocycles. The van der Waals surface area contributed by atoms with Gasteiger partial charge >= 0.3 is 0 Å². The molecule has 0 aliphatic carbocycles. The highest BCUT2D eigenvalue weighted by Crippen LogP contribution is 2.10. The largest absolute Gasteiger partial charge is 0.329 e. The number of nitrogens with two attached hydrogens (primary N) is 1. The Morgan fingerprint density at radius 2 is 1.37 bits per heavy atom. The van der Waals surface area contributed by atoms with Crippen LogP contribution in [0.2, 0.25) is 0 Å². The van der Waals surface area contributed by atoms with Gasteiger partial charge in [0.05, 0.1) is 5.75 Å². The van der Waals surface area contributed by atoms with E-state index in [2.05, 4.69) is 23.3 Å². The molecule has 160 valence electrons. The Labute approximate surface area is 167 Å². The van der Waals surface area contributed by atoms with Gasteiger partial charge in [-0.3, -0.25) is 8.98 Å². The smallest absolute Gasteiger partial charge is 0.268 e. The number of hydrogen-bond acceptors (Lipinski definition) is 5. The van der Waals surface area contributed by atoms with Crippen LogP contribution in [0.5, 0.6) is 0 Å². The molecule has 5 nitrogen and oxygen atoms in total. The number of unbranched alkanes of at least 4 members (excludes halogenated alkanes) is 11. The number of rotatable bonds is 20. The third-order valence-corrected chi connectivity index (χ3v) is 5.70. The van der Waals surface area contributed by atoms with Crippen LogP contribution in [0.15, 0.2) is 12.2 Å². The van der Waals surface area contributed by atoms with E-state index in [1.165, 1.54) is 57.8 Å². The predicted octanol–water partition coefficient (Wildman–Crippen LogP) is 4.90. The van der Waals surface area contributed by atoms with Crippen LogP contribution in [0.3, 0.4) is 0 Å². The van der Waals surface area contributed by atoms with Crippen molar-refractivity contribution in [1.29, 1.82) is 0 Å². The summed E-state index contributed by atoms with van der Waals surface area (Å²) in [6.07, 6.45) is 20.7. The minimum Gasteiger partial charge on any atom is -0.329 e. The SMILES string of the molecule is CCCCCCCCC=CCCCCCCCC(=O)COS(=O)(=O)CCN. The molecule has 0 aliphatic rings. The Kier molecular flexibility index (Phi) is 18.1. The van der Waals surface area contributed by atoms with Crippen molar-refractivity contribution in [2.75, 3.05) is 18.9 Å². The van der Waals surface area contributed by atoms with Gasteiger partial charge in [-0.2, -0.15) is 8.42 Å². The van der Waals surface area contributed by atoms with E-state index in [4.69, 9.17) is 5.73 Å². The lowest BCUT2D eigenvalue weighted by Gasteiger charge is -2.04. The van der Waals surface area contributed by atoms with Crippen molar-refractivity contribution in [3.05, 3.63) is 12.2 Å². The van der Waals surface area contributed by atoms with Crippen LogP contribution in [-0.4, -0.2) is 33.1 Å². The number of carbonyl (C=O) groups is 1. The van der Waals surface area contributed by atoms with E-state index in [9.17, 15) is 13.2 Å². The summed E-state index contributed by atoms with van der Waals surface area (Å²) in [6, 6.07) is 0. The number of Topliss-reactive ketones (excluding diaryl/α,β-unsaturated/α-hetero) is 1. The molecule has 0 saturated heterocycles. The average Bonchev–Trinajstić information content (AvgIpc) is 2.63. The highest BCUT2D eigenvalue weighted by Gasteiger charge is 2.12. The van der Waals surface area contributed by atoms with Crippen LogP contribution in [-0.2, 0) is 19.1 Å². The van der Waals surface area contributed by atoms with Crippen LogP contribution in [0.1, 0.15) is 96.8 Å². The first kappa shape index (κ1) is 26.3. The van der Waals surface area contributed by atoms with Gasteiger partial charge in [-0.05, 0) is 32.1 Å². The van der Waals surface area contributed by atoms with Crippen molar-refractivity contribution in [2.45, 2.75) is 96.8 Å². The fourth-order valence-electron chi connectivity index (χ4n) is 2.82. The predicted molar refractivity (Wildman–Crippen MR) is 113 cm³/mol. The Balaban J connectivity index is 3.37. The summed E-state index contributed by atoms with van der Waals surface area (Å²) in [7, 11) is -3.64. The summed E-state index contributed by atoms with van der Waals surface area (Å²) >= 11 is 0. The molecule has 0 heterocycles. The zero-order valence-corrected chi connectivity index (χ0v) is 18.1. The van der Waals surface area contributed by atoms with Gasteiger partial charge in [0, 0.05) is 13.0 Å². The highest BCUT2D eigenvalue weighted by molar-refractivity contribution is 7.86. The standard InChI is InChI=1S/C21H41NO4S/c1-2-3-4-5-6-7-8-9-10-11-12-13-14-15-16-17-21(23)20-26-27(24,25)19-18-22/h9-10H,2-8,11-20,22H2,1H3. The minimum absolute atomic E-state index is 0.00472. The summed E-state index contributed by atoms with van der Waals surface area (Å²) in [4.78, 5) is 11.6. The quantitative estimate of drug-likeness (QED) is 0.177. The normalized spacial score (nSPS) is 12.1. The van der Waals surface area contributed by atoms with Crippen LogP contribution in [0, 0.1) is 0 Å². The number of allylic oxidation sites excluding steroid dienone is 2. The number of carbonyl (C=O) groups excluding carboxylic acids is 1. The van der Waals surface area contributed by atoms with E-state index in [0.29, 0.717) is 6.42 Å². The molecule has 0 atom stereocenters. The Hall–Kier alpha value is -0.720. The molecule has 0 aromatic rings. The van der Waals surface area contributed by atoms with Crippen LogP contribution in [0.25, 0.3) is 0 Å². The first-order chi connectivity index (χ1) is 13.0. The maximum Gasteiger partial charge on any atom is 0.268 e. The molecule has 27 heavy (non-hydrogen) atoms. The van der Waals surface area contributed by atoms with Gasteiger partial charge in [-0.1, -0.05) is 70.4 Å². The van der Waals surface area contributed by atoms with Crippen molar-refractivity contribution in [3.63, 3.8) is 0 Å². The molecule has 0 fully saturated rings. The van der Waals surface area contributed by atoms with Gasteiger partial charge in [-0.15, -0.1) is 0 Å². The lowest BCUT2D eigenvalue weighted by Crippen LogP contribution is -2.21. The van der Waals surface area contributed by atoms with Crippen molar-refractivity contribution in [2.24, 2.45) is 5.73 Å². The highest BCUT2D eigenvalue weighted by atomic mass is 32.2. The van der Waals surface area contributed by atoms with Crippen LogP contribution in [0.4, 0.5) is 0 Å². The molecule has 0 spiro atoms. The topological polar surface area (TPSA) is 86.5 Å². The van der Waals surface area contributed by atoms with Crippen molar-refractivity contribution in [1.82, 2.24) is 0 Å². The third kappa shape index (κ3) is 19.8. The summed E-state index contributed by atoms with van der Waals surface area (Å²) in [5.41, 5.74) is 5.17. The Bertz CT molecular complexity index is 475. The van der Waals surface area contributed by atoms with Crippen molar-refractivity contribution >= 4 is 15.9 Å². The van der Waals surface area contributed by atoms with E-state index in [1.807, 2.05) is 0 Å². The zero-order valence-electron chi connectivity index (χ0n) is 17.3. The molecule has 0 unspecified atom stereocenters. The molecule has 0 aromatic carbocycles. The van der Waals surface area contributed by atoms with Crippen molar-refractivity contribution in [3.8, 4) is 0 Å². The van der Waals surface area contributed by atoms with E-state index in [-0.39, 0.29) is 24.7 Å². The molecule has 0 bridgehead atoms. The maximum absolute atomic E-state index is 11.6.